The lowest BCUT2D eigenvalue weighted by atomic mass is 9.95. The van der Waals surface area contributed by atoms with E-state index in [0.717, 1.165) is 18.5 Å². The Morgan fingerprint density at radius 1 is 1.53 bits per heavy atom. The average Bonchev–Trinajstić information content (AvgIpc) is 2.76. The van der Waals surface area contributed by atoms with E-state index in [1.165, 1.54) is 0 Å². The van der Waals surface area contributed by atoms with Gasteiger partial charge in [0.25, 0.3) is 5.91 Å². The van der Waals surface area contributed by atoms with Crippen LogP contribution >= 0.6 is 0 Å². The van der Waals surface area contributed by atoms with Crippen molar-refractivity contribution in [3.05, 3.63) is 17.5 Å². The van der Waals surface area contributed by atoms with Gasteiger partial charge in [-0.2, -0.15) is 5.10 Å². The molecule has 0 radical (unpaired) electrons. The molecule has 2 heterocycles. The molecule has 3 N–H and O–H groups in total. The van der Waals surface area contributed by atoms with Gasteiger partial charge in [-0.05, 0) is 25.8 Å². The Hall–Kier alpha value is -2.05. The highest BCUT2D eigenvalue weighted by Crippen LogP contribution is 2.19. The van der Waals surface area contributed by atoms with E-state index < -0.39 is 0 Å². The Labute approximate surface area is 111 Å². The fraction of sp³-hybridized carbons (Fsp3) is 0.583. The minimum Gasteiger partial charge on any atom is -0.409 e. The number of hydrogen-bond donors (Lipinski definition) is 2. The minimum atomic E-state index is -0.0129. The Morgan fingerprint density at radius 3 is 2.63 bits per heavy atom. The highest BCUT2D eigenvalue weighted by atomic mass is 16.4. The van der Waals surface area contributed by atoms with Crippen molar-refractivity contribution in [2.75, 3.05) is 13.1 Å². The zero-order chi connectivity index (χ0) is 14.0. The summed E-state index contributed by atoms with van der Waals surface area (Å²) in [6.45, 7) is 3.09. The maximum absolute atomic E-state index is 12.3. The summed E-state index contributed by atoms with van der Waals surface area (Å²) in [5.74, 6) is 0.298. The van der Waals surface area contributed by atoms with Crippen LogP contribution in [0, 0.1) is 12.8 Å². The SMILES string of the molecule is Cc1cc(C(=O)N2CCC(C(N)=NO)CC2)n(C)n1. The minimum absolute atomic E-state index is 0.0129. The Bertz CT molecular complexity index is 500. The zero-order valence-corrected chi connectivity index (χ0v) is 11.2. The normalized spacial score (nSPS) is 17.8. The largest absolute Gasteiger partial charge is 0.409 e. The van der Waals surface area contributed by atoms with Crippen LogP contribution in [0.25, 0.3) is 0 Å². The molecule has 104 valence electrons. The van der Waals surface area contributed by atoms with Gasteiger partial charge in [0.15, 0.2) is 0 Å². The van der Waals surface area contributed by atoms with Gasteiger partial charge in [-0.15, -0.1) is 0 Å². The van der Waals surface area contributed by atoms with E-state index in [1.807, 2.05) is 6.92 Å². The number of amidine groups is 1. The summed E-state index contributed by atoms with van der Waals surface area (Å²) >= 11 is 0. The predicted octanol–water partition coefficient (Wildman–Crippen LogP) is 0.327. The summed E-state index contributed by atoms with van der Waals surface area (Å²) in [5.41, 5.74) is 7.02. The van der Waals surface area contributed by atoms with Crippen LogP contribution in [0.3, 0.4) is 0 Å². The number of aryl methyl sites for hydroxylation is 2. The maximum atomic E-state index is 12.3. The first-order valence-corrected chi connectivity index (χ1v) is 6.30. The number of amides is 1. The second kappa shape index (κ2) is 5.29. The fourth-order valence-corrected chi connectivity index (χ4v) is 2.43. The summed E-state index contributed by atoms with van der Waals surface area (Å²) in [7, 11) is 1.77. The molecule has 1 amide bonds. The van der Waals surface area contributed by atoms with Crippen molar-refractivity contribution in [3.63, 3.8) is 0 Å². The Morgan fingerprint density at radius 2 is 2.16 bits per heavy atom. The number of nitrogens with two attached hydrogens (primary N) is 1. The van der Waals surface area contributed by atoms with E-state index in [-0.39, 0.29) is 17.7 Å². The van der Waals surface area contributed by atoms with Gasteiger partial charge in [-0.25, -0.2) is 0 Å². The van der Waals surface area contributed by atoms with E-state index in [1.54, 1.807) is 22.7 Å². The molecule has 0 bridgehead atoms. The molecule has 0 saturated carbocycles. The van der Waals surface area contributed by atoms with Crippen LogP contribution < -0.4 is 5.73 Å². The van der Waals surface area contributed by atoms with Crippen LogP contribution in [0.5, 0.6) is 0 Å². The van der Waals surface area contributed by atoms with Gasteiger partial charge < -0.3 is 15.8 Å². The van der Waals surface area contributed by atoms with Crippen molar-refractivity contribution < 1.29 is 10.0 Å². The molecular formula is C12H19N5O2. The van der Waals surface area contributed by atoms with Gasteiger partial charge in [-0.1, -0.05) is 5.16 Å². The van der Waals surface area contributed by atoms with Crippen LogP contribution in [0.15, 0.2) is 11.2 Å². The van der Waals surface area contributed by atoms with Crippen molar-refractivity contribution in [1.29, 1.82) is 0 Å². The third kappa shape index (κ3) is 2.69. The summed E-state index contributed by atoms with van der Waals surface area (Å²) in [6, 6.07) is 1.79. The summed E-state index contributed by atoms with van der Waals surface area (Å²) in [5, 5.41) is 15.9. The van der Waals surface area contributed by atoms with E-state index in [9.17, 15) is 4.79 Å². The second-order valence-corrected chi connectivity index (χ2v) is 4.89. The molecule has 0 unspecified atom stereocenters. The van der Waals surface area contributed by atoms with Gasteiger partial charge in [0.2, 0.25) is 0 Å². The van der Waals surface area contributed by atoms with Crippen molar-refractivity contribution in [3.8, 4) is 0 Å². The standard InChI is InChI=1S/C12H19N5O2/c1-8-7-10(16(2)14-8)12(18)17-5-3-9(4-6-17)11(13)15-19/h7,9,19H,3-6H2,1-2H3,(H2,13,15). The predicted molar refractivity (Wildman–Crippen MR) is 70.0 cm³/mol. The van der Waals surface area contributed by atoms with Gasteiger partial charge in [0.1, 0.15) is 11.5 Å². The lowest BCUT2D eigenvalue weighted by molar-refractivity contribution is 0.0698. The number of hydrogen-bond acceptors (Lipinski definition) is 4. The van der Waals surface area contributed by atoms with Gasteiger partial charge in [-0.3, -0.25) is 9.48 Å². The molecule has 19 heavy (non-hydrogen) atoms. The maximum Gasteiger partial charge on any atom is 0.272 e. The molecule has 0 atom stereocenters. The van der Waals surface area contributed by atoms with Crippen molar-refractivity contribution in [1.82, 2.24) is 14.7 Å². The van der Waals surface area contributed by atoms with Gasteiger partial charge >= 0.3 is 0 Å². The molecule has 1 aliphatic heterocycles. The van der Waals surface area contributed by atoms with Crippen LogP contribution in [0.2, 0.25) is 0 Å². The van der Waals surface area contributed by atoms with Crippen molar-refractivity contribution >= 4 is 11.7 Å². The summed E-state index contributed by atoms with van der Waals surface area (Å²) < 4.78 is 1.60. The van der Waals surface area contributed by atoms with E-state index in [4.69, 9.17) is 10.9 Å². The molecule has 2 rings (SSSR count). The van der Waals surface area contributed by atoms with Gasteiger partial charge in [0.05, 0.1) is 5.69 Å². The topological polar surface area (TPSA) is 96.7 Å². The first kappa shape index (κ1) is 13.4. The first-order chi connectivity index (χ1) is 9.02. The van der Waals surface area contributed by atoms with E-state index in [2.05, 4.69) is 10.3 Å². The highest BCUT2D eigenvalue weighted by molar-refractivity contribution is 5.93. The number of likely N-dealkylation sites (tertiary alicyclic amines) is 1. The fourth-order valence-electron chi connectivity index (χ4n) is 2.43. The van der Waals surface area contributed by atoms with Crippen molar-refractivity contribution in [2.24, 2.45) is 23.9 Å². The lowest BCUT2D eigenvalue weighted by Gasteiger charge is -2.31. The lowest BCUT2D eigenvalue weighted by Crippen LogP contribution is -2.42. The summed E-state index contributed by atoms with van der Waals surface area (Å²) in [4.78, 5) is 14.1. The Kier molecular flexibility index (Phi) is 3.73. The molecule has 1 aromatic heterocycles. The van der Waals surface area contributed by atoms with Crippen LogP contribution in [-0.4, -0.2) is 44.7 Å². The monoisotopic (exact) mass is 265 g/mol. The second-order valence-electron chi connectivity index (χ2n) is 4.89. The number of aromatic nitrogens is 2. The third-order valence-electron chi connectivity index (χ3n) is 3.54. The number of carbonyl (C=O) groups is 1. The number of carbonyl (C=O) groups excluding carboxylic acids is 1. The molecule has 1 fully saturated rings. The molecule has 1 saturated heterocycles. The number of rotatable bonds is 2. The molecule has 0 aromatic carbocycles. The number of oxime groups is 1. The van der Waals surface area contributed by atoms with Crippen molar-refractivity contribution in [2.45, 2.75) is 19.8 Å². The molecular weight excluding hydrogens is 246 g/mol. The number of nitrogens with zero attached hydrogens (tertiary/aromatic N) is 4. The van der Waals surface area contributed by atoms with Gasteiger partial charge in [0, 0.05) is 26.1 Å². The molecule has 0 spiro atoms. The summed E-state index contributed by atoms with van der Waals surface area (Å²) in [6.07, 6.45) is 1.44. The smallest absolute Gasteiger partial charge is 0.272 e. The van der Waals surface area contributed by atoms with Crippen LogP contribution in [0.4, 0.5) is 0 Å². The highest BCUT2D eigenvalue weighted by Gasteiger charge is 2.27. The number of piperidine rings is 1. The molecule has 1 aromatic rings. The van der Waals surface area contributed by atoms with E-state index >= 15 is 0 Å². The molecule has 1 aliphatic rings. The third-order valence-corrected chi connectivity index (χ3v) is 3.54. The Balaban J connectivity index is 2.02. The molecule has 7 nitrogen and oxygen atoms in total. The average molecular weight is 265 g/mol. The van der Waals surface area contributed by atoms with Crippen LogP contribution in [0.1, 0.15) is 29.0 Å². The first-order valence-electron chi connectivity index (χ1n) is 6.30. The molecule has 7 heteroatoms. The quantitative estimate of drug-likeness (QED) is 0.348. The zero-order valence-electron chi connectivity index (χ0n) is 11.2. The van der Waals surface area contributed by atoms with E-state index in [0.29, 0.717) is 18.8 Å². The molecule has 0 aliphatic carbocycles. The van der Waals surface area contributed by atoms with Crippen LogP contribution in [-0.2, 0) is 7.05 Å².